The third-order valence-corrected chi connectivity index (χ3v) is 3.29. The summed E-state index contributed by atoms with van der Waals surface area (Å²) in [5.74, 6) is -0.576. The molecule has 0 aliphatic rings. The van der Waals surface area contributed by atoms with Gasteiger partial charge in [-0.05, 0) is 6.07 Å². The van der Waals surface area contributed by atoms with Crippen molar-refractivity contribution in [3.63, 3.8) is 0 Å². The van der Waals surface area contributed by atoms with Crippen LogP contribution in [-0.4, -0.2) is 17.0 Å². The average Bonchev–Trinajstić information content (AvgIpc) is 2.85. The molecule has 0 N–H and O–H groups in total. The zero-order chi connectivity index (χ0) is 13.1. The minimum absolute atomic E-state index is 0.242. The first kappa shape index (κ1) is 12.4. The predicted octanol–water partition coefficient (Wildman–Crippen LogP) is 2.83. The Balaban J connectivity index is 2.17. The standard InChI is InChI=1S/C11H10FN3O2S/c1-14(11-13-4-5-18-11)7-8-2-3-9(15(16)17)6-10(8)12/h2-6H,7H2,1H3. The van der Waals surface area contributed by atoms with Gasteiger partial charge in [0, 0.05) is 36.8 Å². The molecule has 2 rings (SSSR count). The van der Waals surface area contributed by atoms with Crippen molar-refractivity contribution in [2.75, 3.05) is 11.9 Å². The fourth-order valence-electron chi connectivity index (χ4n) is 1.51. The van der Waals surface area contributed by atoms with Crippen LogP contribution in [0.2, 0.25) is 0 Å². The van der Waals surface area contributed by atoms with Crippen LogP contribution in [0.3, 0.4) is 0 Å². The number of aromatic nitrogens is 1. The second-order valence-electron chi connectivity index (χ2n) is 3.70. The Hall–Kier alpha value is -2.02. The number of anilines is 1. The molecule has 0 aliphatic heterocycles. The second-order valence-corrected chi connectivity index (χ2v) is 4.58. The van der Waals surface area contributed by atoms with E-state index in [0.29, 0.717) is 12.1 Å². The van der Waals surface area contributed by atoms with Gasteiger partial charge in [0.2, 0.25) is 0 Å². The molecule has 94 valence electrons. The smallest absolute Gasteiger partial charge is 0.272 e. The second kappa shape index (κ2) is 5.09. The maximum atomic E-state index is 13.7. The largest absolute Gasteiger partial charge is 0.347 e. The summed E-state index contributed by atoms with van der Waals surface area (Å²) < 4.78 is 13.7. The number of hydrogen-bond donors (Lipinski definition) is 0. The average molecular weight is 267 g/mol. The minimum Gasteiger partial charge on any atom is -0.347 e. The van der Waals surface area contributed by atoms with Gasteiger partial charge in [-0.15, -0.1) is 11.3 Å². The molecule has 5 nitrogen and oxygen atoms in total. The van der Waals surface area contributed by atoms with E-state index >= 15 is 0 Å². The van der Waals surface area contributed by atoms with Gasteiger partial charge < -0.3 is 4.90 Å². The zero-order valence-electron chi connectivity index (χ0n) is 9.54. The Bertz CT molecular complexity index is 559. The van der Waals surface area contributed by atoms with Crippen molar-refractivity contribution in [3.05, 3.63) is 51.3 Å². The van der Waals surface area contributed by atoms with Gasteiger partial charge in [-0.1, -0.05) is 0 Å². The van der Waals surface area contributed by atoms with Crippen molar-refractivity contribution in [1.29, 1.82) is 0 Å². The van der Waals surface area contributed by atoms with Gasteiger partial charge in [0.25, 0.3) is 5.69 Å². The van der Waals surface area contributed by atoms with Crippen LogP contribution in [-0.2, 0) is 6.54 Å². The number of nitrogens with zero attached hydrogens (tertiary/aromatic N) is 3. The number of nitro groups is 1. The van der Waals surface area contributed by atoms with Gasteiger partial charge in [-0.2, -0.15) is 0 Å². The van der Waals surface area contributed by atoms with E-state index < -0.39 is 10.7 Å². The molecule has 0 radical (unpaired) electrons. The van der Waals surface area contributed by atoms with E-state index in [9.17, 15) is 14.5 Å². The zero-order valence-corrected chi connectivity index (χ0v) is 10.4. The van der Waals surface area contributed by atoms with Crippen LogP contribution in [0.25, 0.3) is 0 Å². The minimum atomic E-state index is -0.614. The molecule has 1 aromatic heterocycles. The van der Waals surface area contributed by atoms with Gasteiger partial charge >= 0.3 is 0 Å². The number of nitro benzene ring substituents is 1. The summed E-state index contributed by atoms with van der Waals surface area (Å²) in [6.07, 6.45) is 1.67. The molecule has 0 saturated heterocycles. The summed E-state index contributed by atoms with van der Waals surface area (Å²) in [7, 11) is 1.79. The fraction of sp³-hybridized carbons (Fsp3) is 0.182. The van der Waals surface area contributed by atoms with Crippen LogP contribution >= 0.6 is 11.3 Å². The number of benzene rings is 1. The van der Waals surface area contributed by atoms with E-state index in [1.807, 2.05) is 5.38 Å². The normalized spacial score (nSPS) is 10.3. The molecule has 0 atom stereocenters. The van der Waals surface area contributed by atoms with Gasteiger partial charge in [0.15, 0.2) is 5.13 Å². The highest BCUT2D eigenvalue weighted by molar-refractivity contribution is 7.13. The predicted molar refractivity (Wildman–Crippen MR) is 67.3 cm³/mol. The quantitative estimate of drug-likeness (QED) is 0.631. The molecule has 0 spiro atoms. The topological polar surface area (TPSA) is 59.3 Å². The van der Waals surface area contributed by atoms with E-state index in [1.54, 1.807) is 18.1 Å². The maximum absolute atomic E-state index is 13.7. The van der Waals surface area contributed by atoms with Crippen LogP contribution in [0.15, 0.2) is 29.8 Å². The summed E-state index contributed by atoms with van der Waals surface area (Å²) in [4.78, 5) is 15.8. The van der Waals surface area contributed by atoms with Gasteiger partial charge in [0.1, 0.15) is 5.82 Å². The lowest BCUT2D eigenvalue weighted by atomic mass is 10.2. The van der Waals surface area contributed by atoms with E-state index in [-0.39, 0.29) is 5.69 Å². The van der Waals surface area contributed by atoms with Crippen molar-refractivity contribution in [2.45, 2.75) is 6.54 Å². The van der Waals surface area contributed by atoms with Gasteiger partial charge in [-0.3, -0.25) is 10.1 Å². The summed E-state index contributed by atoms with van der Waals surface area (Å²) in [6, 6.07) is 3.66. The lowest BCUT2D eigenvalue weighted by Gasteiger charge is -2.15. The third kappa shape index (κ3) is 2.62. The van der Waals surface area contributed by atoms with E-state index in [0.717, 1.165) is 11.2 Å². The Labute approximate surface area is 107 Å². The molecule has 0 aliphatic carbocycles. The van der Waals surface area contributed by atoms with E-state index in [4.69, 9.17) is 0 Å². The Morgan fingerprint density at radius 1 is 1.56 bits per heavy atom. The van der Waals surface area contributed by atoms with Gasteiger partial charge in [0.05, 0.1) is 11.0 Å². The SMILES string of the molecule is CN(Cc1ccc([N+](=O)[O-])cc1F)c1nccs1. The molecule has 0 saturated carbocycles. The van der Waals surface area contributed by atoms with E-state index in [2.05, 4.69) is 4.98 Å². The molecule has 0 bridgehead atoms. The monoisotopic (exact) mass is 267 g/mol. The van der Waals surface area contributed by atoms with Crippen LogP contribution < -0.4 is 4.90 Å². The lowest BCUT2D eigenvalue weighted by Crippen LogP contribution is -2.16. The number of halogens is 1. The molecular formula is C11H10FN3O2S. The number of hydrogen-bond acceptors (Lipinski definition) is 5. The molecular weight excluding hydrogens is 257 g/mol. The van der Waals surface area contributed by atoms with Crippen LogP contribution in [0.1, 0.15) is 5.56 Å². The van der Waals surface area contributed by atoms with E-state index in [1.165, 1.54) is 23.5 Å². The van der Waals surface area contributed by atoms with Crippen LogP contribution in [0.4, 0.5) is 15.2 Å². The number of thiazole rings is 1. The first-order chi connectivity index (χ1) is 8.58. The van der Waals surface area contributed by atoms with Gasteiger partial charge in [-0.25, -0.2) is 9.37 Å². The molecule has 1 aromatic carbocycles. The number of non-ortho nitro benzene ring substituents is 1. The Kier molecular flexibility index (Phi) is 3.52. The highest BCUT2D eigenvalue weighted by Gasteiger charge is 2.13. The molecule has 1 heterocycles. The molecule has 18 heavy (non-hydrogen) atoms. The maximum Gasteiger partial charge on any atom is 0.272 e. The molecule has 0 amide bonds. The summed E-state index contributed by atoms with van der Waals surface area (Å²) in [5, 5.41) is 13.1. The van der Waals surface area contributed by atoms with Crippen molar-refractivity contribution < 1.29 is 9.31 Å². The van der Waals surface area contributed by atoms with Crippen LogP contribution in [0, 0.1) is 15.9 Å². The summed E-state index contributed by atoms with van der Waals surface area (Å²) in [5.41, 5.74) is 0.159. The van der Waals surface area contributed by atoms with Crippen molar-refractivity contribution in [1.82, 2.24) is 4.98 Å². The Morgan fingerprint density at radius 2 is 2.33 bits per heavy atom. The third-order valence-electron chi connectivity index (χ3n) is 2.40. The van der Waals surface area contributed by atoms with Crippen molar-refractivity contribution >= 4 is 22.2 Å². The summed E-state index contributed by atoms with van der Waals surface area (Å²) in [6.45, 7) is 0.317. The molecule has 2 aromatic rings. The fourth-order valence-corrected chi connectivity index (χ4v) is 2.12. The van der Waals surface area contributed by atoms with Crippen molar-refractivity contribution in [2.24, 2.45) is 0 Å². The molecule has 0 fully saturated rings. The molecule has 7 heteroatoms. The number of rotatable bonds is 4. The molecule has 0 unspecified atom stereocenters. The summed E-state index contributed by atoms with van der Waals surface area (Å²) >= 11 is 1.45. The van der Waals surface area contributed by atoms with Crippen LogP contribution in [0.5, 0.6) is 0 Å². The van der Waals surface area contributed by atoms with Crippen molar-refractivity contribution in [3.8, 4) is 0 Å². The highest BCUT2D eigenvalue weighted by Crippen LogP contribution is 2.21. The first-order valence-corrected chi connectivity index (χ1v) is 5.99. The lowest BCUT2D eigenvalue weighted by molar-refractivity contribution is -0.385. The Morgan fingerprint density at radius 3 is 2.89 bits per heavy atom. The first-order valence-electron chi connectivity index (χ1n) is 5.11. The highest BCUT2D eigenvalue weighted by atomic mass is 32.1.